The number of hydrogen-bond acceptors (Lipinski definition) is 5. The first-order valence-electron chi connectivity index (χ1n) is 4.17. The molecule has 0 amide bonds. The van der Waals surface area contributed by atoms with Crippen LogP contribution in [0.2, 0.25) is 0 Å². The van der Waals surface area contributed by atoms with E-state index in [1.165, 1.54) is 6.92 Å². The van der Waals surface area contributed by atoms with Crippen molar-refractivity contribution >= 4 is 16.1 Å². The van der Waals surface area contributed by atoms with Gasteiger partial charge in [0.25, 0.3) is 0 Å². The van der Waals surface area contributed by atoms with Crippen molar-refractivity contribution in [3.05, 3.63) is 12.2 Å². The van der Waals surface area contributed by atoms with Gasteiger partial charge in [-0.1, -0.05) is 24.3 Å². The lowest BCUT2D eigenvalue weighted by Gasteiger charge is -2.02. The van der Waals surface area contributed by atoms with E-state index in [9.17, 15) is 13.2 Å². The lowest BCUT2D eigenvalue weighted by atomic mass is 10.4. The van der Waals surface area contributed by atoms with E-state index in [1.807, 2.05) is 6.92 Å². The van der Waals surface area contributed by atoms with Crippen LogP contribution in [0.1, 0.15) is 26.7 Å². The number of rotatable bonds is 6. The van der Waals surface area contributed by atoms with Crippen LogP contribution in [-0.4, -0.2) is 20.1 Å². The molecule has 14 heavy (non-hydrogen) atoms. The zero-order chi connectivity index (χ0) is 11.2. The second-order valence-corrected chi connectivity index (χ2v) is 4.49. The Morgan fingerprint density at radius 2 is 2.00 bits per heavy atom. The molecule has 0 saturated carbocycles. The number of carbonyl (C=O) groups excluding carboxylic acids is 1. The zero-order valence-electron chi connectivity index (χ0n) is 8.28. The van der Waals surface area contributed by atoms with Crippen LogP contribution in [0.25, 0.3) is 0 Å². The van der Waals surface area contributed by atoms with Gasteiger partial charge in [0.1, 0.15) is 0 Å². The molecule has 0 aromatic heterocycles. The van der Waals surface area contributed by atoms with Gasteiger partial charge >= 0.3 is 16.1 Å². The Kier molecular flexibility index (Phi) is 5.40. The predicted octanol–water partition coefficient (Wildman–Crippen LogP) is 1.17. The fourth-order valence-electron chi connectivity index (χ4n) is 0.509. The molecule has 0 aliphatic carbocycles. The summed E-state index contributed by atoms with van der Waals surface area (Å²) in [6.07, 6.45) is 1.18. The highest BCUT2D eigenvalue weighted by Crippen LogP contribution is 2.02. The number of hydrogen-bond donors (Lipinski definition) is 0. The first-order chi connectivity index (χ1) is 6.39. The average molecular weight is 222 g/mol. The van der Waals surface area contributed by atoms with Crippen molar-refractivity contribution in [2.24, 2.45) is 0 Å². The molecule has 0 bridgehead atoms. The van der Waals surface area contributed by atoms with E-state index in [-0.39, 0.29) is 11.3 Å². The zero-order valence-corrected chi connectivity index (χ0v) is 9.09. The highest BCUT2D eigenvalue weighted by atomic mass is 32.2. The Morgan fingerprint density at radius 3 is 2.43 bits per heavy atom. The van der Waals surface area contributed by atoms with Gasteiger partial charge in [-0.05, 0) is 13.3 Å². The minimum atomic E-state index is -3.76. The Balaban J connectivity index is 4.00. The van der Waals surface area contributed by atoms with Crippen molar-refractivity contribution in [1.82, 2.24) is 0 Å². The van der Waals surface area contributed by atoms with Crippen molar-refractivity contribution in [1.29, 1.82) is 0 Å². The van der Waals surface area contributed by atoms with Gasteiger partial charge in [0.2, 0.25) is 0 Å². The van der Waals surface area contributed by atoms with Crippen LogP contribution in [-0.2, 0) is 24.1 Å². The van der Waals surface area contributed by atoms with Crippen LogP contribution in [0.4, 0.5) is 0 Å². The summed E-state index contributed by atoms with van der Waals surface area (Å²) in [6.45, 7) is 6.50. The lowest BCUT2D eigenvalue weighted by molar-refractivity contribution is -0.205. The first kappa shape index (κ1) is 13.1. The van der Waals surface area contributed by atoms with E-state index in [4.69, 9.17) is 0 Å². The van der Waals surface area contributed by atoms with Gasteiger partial charge in [0, 0.05) is 5.57 Å². The third kappa shape index (κ3) is 5.71. The van der Waals surface area contributed by atoms with Crippen LogP contribution in [0, 0.1) is 0 Å². The van der Waals surface area contributed by atoms with E-state index < -0.39 is 16.1 Å². The molecule has 0 atom stereocenters. The van der Waals surface area contributed by atoms with Crippen LogP contribution in [0.5, 0.6) is 0 Å². The highest BCUT2D eigenvalue weighted by molar-refractivity contribution is 7.86. The standard InChI is InChI=1S/C8H14O5S/c1-4-5-6-14(10,11)13-12-8(9)7(2)3/h2,4-6H2,1,3H3. The van der Waals surface area contributed by atoms with Crippen molar-refractivity contribution in [2.75, 3.05) is 5.75 Å². The third-order valence-corrected chi connectivity index (χ3v) is 2.37. The lowest BCUT2D eigenvalue weighted by Crippen LogP contribution is -2.14. The molecule has 82 valence electrons. The van der Waals surface area contributed by atoms with Gasteiger partial charge in [-0.3, -0.25) is 4.89 Å². The van der Waals surface area contributed by atoms with Gasteiger partial charge < -0.3 is 0 Å². The maximum atomic E-state index is 11.0. The van der Waals surface area contributed by atoms with Crippen molar-refractivity contribution < 1.29 is 22.4 Å². The topological polar surface area (TPSA) is 69.7 Å². The highest BCUT2D eigenvalue weighted by Gasteiger charge is 2.15. The van der Waals surface area contributed by atoms with E-state index in [1.54, 1.807) is 0 Å². The molecule has 0 saturated heterocycles. The van der Waals surface area contributed by atoms with Crippen LogP contribution in [0.3, 0.4) is 0 Å². The third-order valence-electron chi connectivity index (χ3n) is 1.31. The van der Waals surface area contributed by atoms with Crippen LogP contribution >= 0.6 is 0 Å². The molecule has 0 heterocycles. The SMILES string of the molecule is C=C(C)C(=O)OOS(=O)(=O)CCCC. The normalized spacial score (nSPS) is 11.0. The quantitative estimate of drug-likeness (QED) is 0.383. The fraction of sp³-hybridized carbons (Fsp3) is 0.625. The summed E-state index contributed by atoms with van der Waals surface area (Å²) in [6, 6.07) is 0. The second kappa shape index (κ2) is 5.77. The molecule has 5 nitrogen and oxygen atoms in total. The van der Waals surface area contributed by atoms with Gasteiger partial charge in [0.05, 0.1) is 5.75 Å². The molecule has 0 spiro atoms. The maximum Gasteiger partial charge on any atom is 0.369 e. The summed E-state index contributed by atoms with van der Waals surface area (Å²) in [5.41, 5.74) is 0.0793. The fourth-order valence-corrected chi connectivity index (χ4v) is 1.38. The Hall–Kier alpha value is -0.880. The molecule has 0 N–H and O–H groups in total. The van der Waals surface area contributed by atoms with E-state index in [2.05, 4.69) is 15.8 Å². The maximum absolute atomic E-state index is 11.0. The molecular formula is C8H14O5S. The predicted molar refractivity (Wildman–Crippen MR) is 50.7 cm³/mol. The van der Waals surface area contributed by atoms with E-state index >= 15 is 0 Å². The summed E-state index contributed by atoms with van der Waals surface area (Å²) >= 11 is 0. The van der Waals surface area contributed by atoms with E-state index in [0.717, 1.165) is 6.42 Å². The van der Waals surface area contributed by atoms with Gasteiger partial charge in [0.15, 0.2) is 0 Å². The molecule has 6 heteroatoms. The number of unbranched alkanes of at least 4 members (excludes halogenated alkanes) is 1. The molecule has 0 radical (unpaired) electrons. The smallest absolute Gasteiger partial charge is 0.276 e. The molecule has 0 aromatic rings. The average Bonchev–Trinajstić information content (AvgIpc) is 2.11. The molecule has 0 aromatic carbocycles. The summed E-state index contributed by atoms with van der Waals surface area (Å²) < 4.78 is 26.0. The second-order valence-electron chi connectivity index (χ2n) is 2.83. The van der Waals surface area contributed by atoms with Crippen LogP contribution in [0.15, 0.2) is 12.2 Å². The molecule has 0 rings (SSSR count). The monoisotopic (exact) mass is 222 g/mol. The van der Waals surface area contributed by atoms with Crippen molar-refractivity contribution in [3.8, 4) is 0 Å². The molecule has 0 fully saturated rings. The summed E-state index contributed by atoms with van der Waals surface area (Å²) in [5, 5.41) is 0. The minimum absolute atomic E-state index is 0.0793. The Bertz CT molecular complexity index is 304. The van der Waals surface area contributed by atoms with Gasteiger partial charge in [-0.15, -0.1) is 0 Å². The number of carbonyl (C=O) groups is 1. The van der Waals surface area contributed by atoms with Crippen molar-refractivity contribution in [2.45, 2.75) is 26.7 Å². The first-order valence-corrected chi connectivity index (χ1v) is 5.75. The van der Waals surface area contributed by atoms with Crippen molar-refractivity contribution in [3.63, 3.8) is 0 Å². The van der Waals surface area contributed by atoms with E-state index in [0.29, 0.717) is 6.42 Å². The summed E-state index contributed by atoms with van der Waals surface area (Å²) in [4.78, 5) is 14.8. The molecular weight excluding hydrogens is 208 g/mol. The Labute approximate surface area is 83.8 Å². The molecule has 0 aliphatic rings. The summed E-state index contributed by atoms with van der Waals surface area (Å²) in [7, 11) is -3.76. The Morgan fingerprint density at radius 1 is 1.43 bits per heavy atom. The largest absolute Gasteiger partial charge is 0.369 e. The minimum Gasteiger partial charge on any atom is -0.276 e. The molecule has 0 aliphatic heterocycles. The van der Waals surface area contributed by atoms with Gasteiger partial charge in [-0.2, -0.15) is 8.42 Å². The van der Waals surface area contributed by atoms with Crippen LogP contribution < -0.4 is 0 Å². The summed E-state index contributed by atoms with van der Waals surface area (Å²) in [5.74, 6) is -1.04. The molecule has 0 unspecified atom stereocenters. The van der Waals surface area contributed by atoms with Gasteiger partial charge in [-0.25, -0.2) is 4.79 Å².